The Labute approximate surface area is 71.3 Å². The molecule has 0 aromatic heterocycles. The van der Waals surface area contributed by atoms with Crippen LogP contribution < -0.4 is 0 Å². The van der Waals surface area contributed by atoms with Gasteiger partial charge in [-0.2, -0.15) is 0 Å². The first kappa shape index (κ1) is 7.28. The van der Waals surface area contributed by atoms with Gasteiger partial charge in [-0.15, -0.1) is 0 Å². The summed E-state index contributed by atoms with van der Waals surface area (Å²) in [6, 6.07) is 0. The molecule has 12 heavy (non-hydrogen) atoms. The molecule has 4 bridgehead atoms. The summed E-state index contributed by atoms with van der Waals surface area (Å²) < 4.78 is 27.4. The van der Waals surface area contributed by atoms with Crippen LogP contribution in [-0.2, 0) is 0 Å². The van der Waals surface area contributed by atoms with E-state index in [9.17, 15) is 8.78 Å². The van der Waals surface area contributed by atoms with Crippen LogP contribution in [0.4, 0.5) is 8.78 Å². The van der Waals surface area contributed by atoms with E-state index in [1.165, 1.54) is 6.42 Å². The first-order chi connectivity index (χ1) is 5.67. The molecule has 0 aliphatic heterocycles. The van der Waals surface area contributed by atoms with Crippen molar-refractivity contribution in [2.45, 2.75) is 43.9 Å². The molecule has 4 saturated carbocycles. The van der Waals surface area contributed by atoms with Crippen molar-refractivity contribution in [2.75, 3.05) is 0 Å². The topological polar surface area (TPSA) is 0 Å². The maximum atomic E-state index is 13.9. The van der Waals surface area contributed by atoms with Gasteiger partial charge in [0.05, 0.1) is 0 Å². The third kappa shape index (κ3) is 0.763. The van der Waals surface area contributed by atoms with E-state index in [4.69, 9.17) is 0 Å². The highest BCUT2D eigenvalue weighted by atomic mass is 19.2. The van der Waals surface area contributed by atoms with Crippen molar-refractivity contribution in [1.82, 2.24) is 0 Å². The molecule has 68 valence electrons. The Morgan fingerprint density at radius 2 is 1.58 bits per heavy atom. The zero-order chi connectivity index (χ0) is 8.34. The van der Waals surface area contributed by atoms with Crippen LogP contribution in [0.5, 0.6) is 0 Å². The Balaban J connectivity index is 1.97. The van der Waals surface area contributed by atoms with E-state index < -0.39 is 11.8 Å². The summed E-state index contributed by atoms with van der Waals surface area (Å²) in [7, 11) is 0. The van der Waals surface area contributed by atoms with E-state index in [-0.39, 0.29) is 5.92 Å². The van der Waals surface area contributed by atoms with Crippen molar-refractivity contribution >= 4 is 0 Å². The van der Waals surface area contributed by atoms with Crippen LogP contribution >= 0.6 is 0 Å². The number of rotatable bonds is 0. The van der Waals surface area contributed by atoms with E-state index in [0.717, 1.165) is 12.8 Å². The Kier molecular flexibility index (Phi) is 1.23. The summed E-state index contributed by atoms with van der Waals surface area (Å²) >= 11 is 0. The molecule has 0 saturated heterocycles. The molecule has 0 aromatic carbocycles. The zero-order valence-electron chi connectivity index (χ0n) is 7.10. The standard InChI is InChI=1S/C10H14F2/c11-9-8-2-6-1-7(3-8)5-10(9,12)4-6/h6-9H,1-5H2/t6-,7+,8?,9?,10?. The van der Waals surface area contributed by atoms with Gasteiger partial charge >= 0.3 is 0 Å². The fourth-order valence-electron chi connectivity index (χ4n) is 3.88. The van der Waals surface area contributed by atoms with E-state index in [1.54, 1.807) is 0 Å². The van der Waals surface area contributed by atoms with Gasteiger partial charge in [-0.25, -0.2) is 8.78 Å². The lowest BCUT2D eigenvalue weighted by Gasteiger charge is -2.54. The van der Waals surface area contributed by atoms with Gasteiger partial charge in [0.1, 0.15) is 11.8 Å². The van der Waals surface area contributed by atoms with Gasteiger partial charge < -0.3 is 0 Å². The molecule has 5 atom stereocenters. The van der Waals surface area contributed by atoms with Crippen molar-refractivity contribution in [3.8, 4) is 0 Å². The Bertz CT molecular complexity index is 200. The second-order valence-corrected chi connectivity index (χ2v) is 5.04. The lowest BCUT2D eigenvalue weighted by atomic mass is 9.54. The fourth-order valence-corrected chi connectivity index (χ4v) is 3.88. The summed E-state index contributed by atoms with van der Waals surface area (Å²) in [5.74, 6) is 1.10. The van der Waals surface area contributed by atoms with Gasteiger partial charge in [0.15, 0.2) is 0 Å². The molecule has 0 nitrogen and oxygen atoms in total. The second kappa shape index (κ2) is 2.02. The minimum Gasteiger partial charge on any atom is -0.244 e. The lowest BCUT2D eigenvalue weighted by molar-refractivity contribution is -0.134. The summed E-state index contributed by atoms with van der Waals surface area (Å²) in [5.41, 5.74) is -1.41. The molecule has 0 radical (unpaired) electrons. The Morgan fingerprint density at radius 3 is 2.08 bits per heavy atom. The van der Waals surface area contributed by atoms with Crippen LogP contribution in [0.3, 0.4) is 0 Å². The maximum absolute atomic E-state index is 13.9. The van der Waals surface area contributed by atoms with Crippen molar-refractivity contribution in [1.29, 1.82) is 0 Å². The monoisotopic (exact) mass is 172 g/mol. The molecule has 4 aliphatic carbocycles. The van der Waals surface area contributed by atoms with E-state index in [1.807, 2.05) is 0 Å². The summed E-state index contributed by atoms with van der Waals surface area (Å²) in [5, 5.41) is 0. The zero-order valence-corrected chi connectivity index (χ0v) is 7.10. The normalized spacial score (nSPS) is 62.5. The molecule has 2 heteroatoms. The maximum Gasteiger partial charge on any atom is 0.142 e. The lowest BCUT2D eigenvalue weighted by Crippen LogP contribution is -2.56. The molecule has 4 fully saturated rings. The number of alkyl halides is 2. The molecular weight excluding hydrogens is 158 g/mol. The van der Waals surface area contributed by atoms with Gasteiger partial charge in [0.25, 0.3) is 0 Å². The molecule has 3 unspecified atom stereocenters. The van der Waals surface area contributed by atoms with E-state index in [0.29, 0.717) is 24.7 Å². The van der Waals surface area contributed by atoms with Gasteiger partial charge in [0, 0.05) is 0 Å². The van der Waals surface area contributed by atoms with Crippen LogP contribution in [0.1, 0.15) is 32.1 Å². The van der Waals surface area contributed by atoms with Crippen molar-refractivity contribution in [3.05, 3.63) is 0 Å². The molecule has 0 aromatic rings. The number of halogens is 2. The predicted octanol–water partition coefficient (Wildman–Crippen LogP) is 2.87. The smallest absolute Gasteiger partial charge is 0.142 e. The molecular formula is C10H14F2. The summed E-state index contributed by atoms with van der Waals surface area (Å²) in [6.07, 6.45) is 2.99. The van der Waals surface area contributed by atoms with Crippen LogP contribution in [-0.4, -0.2) is 11.8 Å². The van der Waals surface area contributed by atoms with Crippen molar-refractivity contribution in [2.24, 2.45) is 17.8 Å². The largest absolute Gasteiger partial charge is 0.244 e. The van der Waals surface area contributed by atoms with Crippen LogP contribution in [0.2, 0.25) is 0 Å². The van der Waals surface area contributed by atoms with Gasteiger partial charge in [-0.05, 0) is 49.9 Å². The average Bonchev–Trinajstić information content (AvgIpc) is 1.98. The molecule has 0 spiro atoms. The highest BCUT2D eigenvalue weighted by molar-refractivity contribution is 5.07. The van der Waals surface area contributed by atoms with Crippen LogP contribution in [0, 0.1) is 17.8 Å². The third-order valence-electron chi connectivity index (χ3n) is 4.10. The highest BCUT2D eigenvalue weighted by Crippen LogP contribution is 2.58. The molecule has 0 amide bonds. The fraction of sp³-hybridized carbons (Fsp3) is 1.00. The van der Waals surface area contributed by atoms with E-state index >= 15 is 0 Å². The Morgan fingerprint density at radius 1 is 1.00 bits per heavy atom. The third-order valence-corrected chi connectivity index (χ3v) is 4.10. The van der Waals surface area contributed by atoms with Gasteiger partial charge in [-0.1, -0.05) is 0 Å². The average molecular weight is 172 g/mol. The molecule has 4 aliphatic rings. The number of hydrogen-bond acceptors (Lipinski definition) is 0. The van der Waals surface area contributed by atoms with Gasteiger partial charge in [-0.3, -0.25) is 0 Å². The first-order valence-corrected chi connectivity index (χ1v) is 5.00. The quantitative estimate of drug-likeness (QED) is 0.527. The van der Waals surface area contributed by atoms with E-state index in [2.05, 4.69) is 0 Å². The molecule has 0 N–H and O–H groups in total. The predicted molar refractivity (Wildman–Crippen MR) is 42.3 cm³/mol. The second-order valence-electron chi connectivity index (χ2n) is 5.04. The first-order valence-electron chi connectivity index (χ1n) is 5.00. The minimum absolute atomic E-state index is 0.0706. The van der Waals surface area contributed by atoms with Gasteiger partial charge in [0.2, 0.25) is 0 Å². The van der Waals surface area contributed by atoms with Crippen molar-refractivity contribution < 1.29 is 8.78 Å². The Hall–Kier alpha value is -0.140. The molecule has 4 rings (SSSR count). The number of hydrogen-bond donors (Lipinski definition) is 0. The summed E-state index contributed by atoms with van der Waals surface area (Å²) in [6.45, 7) is 0. The summed E-state index contributed by atoms with van der Waals surface area (Å²) in [4.78, 5) is 0. The SMILES string of the molecule is FC1C2C[C@@H]3C[C@H](C2)CC1(F)C3. The minimum atomic E-state index is -1.41. The van der Waals surface area contributed by atoms with Crippen LogP contribution in [0.25, 0.3) is 0 Å². The van der Waals surface area contributed by atoms with Crippen molar-refractivity contribution in [3.63, 3.8) is 0 Å². The van der Waals surface area contributed by atoms with Crippen LogP contribution in [0.15, 0.2) is 0 Å². The highest BCUT2D eigenvalue weighted by Gasteiger charge is 2.58. The molecule has 0 heterocycles.